The Balaban J connectivity index is 1.31. The molecule has 4 aromatic heterocycles. The van der Waals surface area contributed by atoms with E-state index < -0.39 is 0 Å². The molecule has 39 heavy (non-hydrogen) atoms. The van der Waals surface area contributed by atoms with Crippen LogP contribution >= 0.6 is 0 Å². The van der Waals surface area contributed by atoms with Gasteiger partial charge in [0.05, 0.1) is 35.4 Å². The van der Waals surface area contributed by atoms with Gasteiger partial charge < -0.3 is 4.90 Å². The van der Waals surface area contributed by atoms with Gasteiger partial charge in [0.15, 0.2) is 0 Å². The van der Waals surface area contributed by atoms with Crippen molar-refractivity contribution in [3.05, 3.63) is 77.9 Å². The third-order valence-corrected chi connectivity index (χ3v) is 7.18. The van der Waals surface area contributed by atoms with Gasteiger partial charge in [-0.05, 0) is 37.0 Å². The summed E-state index contributed by atoms with van der Waals surface area (Å²) in [5.74, 6) is 0.694. The minimum absolute atomic E-state index is 0.00428. The van der Waals surface area contributed by atoms with E-state index in [0.717, 1.165) is 70.0 Å². The molecule has 0 aliphatic heterocycles. The predicted octanol–water partition coefficient (Wildman–Crippen LogP) is 3.40. The van der Waals surface area contributed by atoms with Crippen molar-refractivity contribution in [1.29, 1.82) is 0 Å². The summed E-state index contributed by atoms with van der Waals surface area (Å²) in [5, 5.41) is 13.8. The van der Waals surface area contributed by atoms with Crippen LogP contribution in [0.2, 0.25) is 0 Å². The second-order valence-electron chi connectivity index (χ2n) is 10.1. The zero-order valence-electron chi connectivity index (χ0n) is 22.7. The molecular formula is C29H31N9O. The molecule has 0 fully saturated rings. The van der Waals surface area contributed by atoms with Gasteiger partial charge in [-0.3, -0.25) is 18.8 Å². The van der Waals surface area contributed by atoms with E-state index in [2.05, 4.69) is 52.6 Å². The van der Waals surface area contributed by atoms with Crippen LogP contribution in [0.15, 0.2) is 55.1 Å². The molecule has 0 radical (unpaired) electrons. The number of benzene rings is 1. The van der Waals surface area contributed by atoms with Crippen LogP contribution in [0.3, 0.4) is 0 Å². The fourth-order valence-corrected chi connectivity index (χ4v) is 5.05. The molecule has 0 unspecified atom stereocenters. The van der Waals surface area contributed by atoms with E-state index in [1.165, 1.54) is 0 Å². The molecular weight excluding hydrogens is 490 g/mol. The van der Waals surface area contributed by atoms with Gasteiger partial charge in [-0.1, -0.05) is 24.3 Å². The van der Waals surface area contributed by atoms with E-state index in [-0.39, 0.29) is 12.5 Å². The van der Waals surface area contributed by atoms with Gasteiger partial charge in [0.2, 0.25) is 5.91 Å². The largest absolute Gasteiger partial charge is 0.347 e. The predicted molar refractivity (Wildman–Crippen MR) is 148 cm³/mol. The van der Waals surface area contributed by atoms with E-state index in [4.69, 9.17) is 10.1 Å². The highest BCUT2D eigenvalue weighted by Crippen LogP contribution is 2.39. The fourth-order valence-electron chi connectivity index (χ4n) is 5.05. The smallest absolute Gasteiger partial charge is 0.243 e. The molecule has 1 aromatic carbocycles. The standard InChI is InChI=1S/C29H31N9O/c1-5-37-17-22(16-31-37)19-6-8-20(9-7-19)29-27-24(34-36(29)4)11-10-21-15-30-25(32-28(21)27)14-23-12-13-38(33-23)18-26(39)35(2)3/h6-9,12-13,15-17H,5,10-11,14,18H2,1-4H3. The minimum Gasteiger partial charge on any atom is -0.347 e. The number of aryl methyl sites for hydroxylation is 4. The number of rotatable bonds is 7. The molecule has 4 heterocycles. The lowest BCUT2D eigenvalue weighted by atomic mass is 9.91. The lowest BCUT2D eigenvalue weighted by Crippen LogP contribution is -2.26. The number of amides is 1. The minimum atomic E-state index is -0.00428. The van der Waals surface area contributed by atoms with Crippen molar-refractivity contribution in [2.45, 2.75) is 39.3 Å². The van der Waals surface area contributed by atoms with E-state index in [9.17, 15) is 4.79 Å². The molecule has 0 spiro atoms. The zero-order valence-corrected chi connectivity index (χ0v) is 22.7. The average molecular weight is 522 g/mol. The summed E-state index contributed by atoms with van der Waals surface area (Å²) in [5.41, 5.74) is 9.42. The first kappa shape index (κ1) is 24.7. The van der Waals surface area contributed by atoms with Crippen LogP contribution in [0.25, 0.3) is 33.6 Å². The molecule has 1 amide bonds. The molecule has 5 aromatic rings. The van der Waals surface area contributed by atoms with Crippen LogP contribution in [-0.4, -0.2) is 64.2 Å². The number of nitrogens with zero attached hydrogens (tertiary/aromatic N) is 9. The van der Waals surface area contributed by atoms with Crippen LogP contribution in [0, 0.1) is 0 Å². The SMILES string of the molecule is CCn1cc(-c2ccc(-c3c4c(nn3C)CCc3cnc(Cc5ccn(CC(=O)N(C)C)n5)nc3-4)cc2)cn1. The Hall–Kier alpha value is -4.60. The Bertz CT molecular complexity index is 1660. The molecule has 198 valence electrons. The molecule has 0 bridgehead atoms. The lowest BCUT2D eigenvalue weighted by Gasteiger charge is -2.16. The van der Waals surface area contributed by atoms with E-state index in [1.807, 2.05) is 41.1 Å². The van der Waals surface area contributed by atoms with Gasteiger partial charge in [0.1, 0.15) is 12.4 Å². The average Bonchev–Trinajstić information content (AvgIpc) is 3.67. The maximum absolute atomic E-state index is 12.0. The molecule has 10 heteroatoms. The summed E-state index contributed by atoms with van der Waals surface area (Å²) < 4.78 is 5.56. The van der Waals surface area contributed by atoms with Crippen molar-refractivity contribution in [2.24, 2.45) is 7.05 Å². The Morgan fingerprint density at radius 3 is 2.51 bits per heavy atom. The van der Waals surface area contributed by atoms with Gasteiger partial charge >= 0.3 is 0 Å². The van der Waals surface area contributed by atoms with Crippen molar-refractivity contribution in [3.63, 3.8) is 0 Å². The van der Waals surface area contributed by atoms with Gasteiger partial charge in [-0.2, -0.15) is 15.3 Å². The van der Waals surface area contributed by atoms with Crippen LogP contribution in [0.1, 0.15) is 29.7 Å². The Morgan fingerprint density at radius 2 is 1.77 bits per heavy atom. The van der Waals surface area contributed by atoms with Gasteiger partial charge in [-0.25, -0.2) is 9.97 Å². The quantitative estimate of drug-likeness (QED) is 0.326. The lowest BCUT2D eigenvalue weighted by molar-refractivity contribution is -0.129. The molecule has 1 aliphatic rings. The first-order valence-corrected chi connectivity index (χ1v) is 13.2. The van der Waals surface area contributed by atoms with Gasteiger partial charge in [0.25, 0.3) is 0 Å². The molecule has 0 N–H and O–H groups in total. The van der Waals surface area contributed by atoms with Crippen molar-refractivity contribution < 1.29 is 4.79 Å². The Morgan fingerprint density at radius 1 is 0.974 bits per heavy atom. The number of likely N-dealkylation sites (N-methyl/N-ethyl adjacent to an activating group) is 1. The zero-order chi connectivity index (χ0) is 27.1. The summed E-state index contributed by atoms with van der Waals surface area (Å²) in [4.78, 5) is 23.3. The molecule has 0 saturated heterocycles. The number of aromatic nitrogens is 8. The third-order valence-electron chi connectivity index (χ3n) is 7.18. The van der Waals surface area contributed by atoms with E-state index in [1.54, 1.807) is 23.7 Å². The first-order valence-electron chi connectivity index (χ1n) is 13.2. The first-order chi connectivity index (χ1) is 18.9. The summed E-state index contributed by atoms with van der Waals surface area (Å²) in [7, 11) is 5.48. The normalized spacial score (nSPS) is 12.3. The summed E-state index contributed by atoms with van der Waals surface area (Å²) in [6.07, 6.45) is 9.95. The molecule has 0 atom stereocenters. The van der Waals surface area contributed by atoms with Gasteiger partial charge in [0, 0.05) is 63.0 Å². The molecule has 6 rings (SSSR count). The van der Waals surface area contributed by atoms with E-state index >= 15 is 0 Å². The molecule has 10 nitrogen and oxygen atoms in total. The number of carbonyl (C=O) groups is 1. The van der Waals surface area contributed by atoms with Crippen LogP contribution in [-0.2, 0) is 44.2 Å². The monoisotopic (exact) mass is 521 g/mol. The van der Waals surface area contributed by atoms with Crippen molar-refractivity contribution >= 4 is 5.91 Å². The topological polar surface area (TPSA) is 99.6 Å². The maximum Gasteiger partial charge on any atom is 0.243 e. The highest BCUT2D eigenvalue weighted by molar-refractivity contribution is 5.84. The second-order valence-corrected chi connectivity index (χ2v) is 10.1. The number of fused-ring (bicyclic) bond motifs is 3. The number of hydrogen-bond donors (Lipinski definition) is 0. The Kier molecular flexibility index (Phi) is 6.30. The Labute approximate surface area is 226 Å². The second kappa shape index (κ2) is 9.94. The van der Waals surface area contributed by atoms with Gasteiger partial charge in [-0.15, -0.1) is 0 Å². The van der Waals surface area contributed by atoms with E-state index in [0.29, 0.717) is 12.2 Å². The molecule has 0 saturated carbocycles. The summed E-state index contributed by atoms with van der Waals surface area (Å²) in [6, 6.07) is 10.5. The third kappa shape index (κ3) is 4.73. The molecule has 1 aliphatic carbocycles. The highest BCUT2D eigenvalue weighted by atomic mass is 16.2. The number of hydrogen-bond acceptors (Lipinski definition) is 6. The van der Waals surface area contributed by atoms with Crippen LogP contribution in [0.5, 0.6) is 0 Å². The fraction of sp³-hybridized carbons (Fsp3) is 0.310. The van der Waals surface area contributed by atoms with Crippen molar-refractivity contribution in [3.8, 4) is 33.6 Å². The maximum atomic E-state index is 12.0. The van der Waals surface area contributed by atoms with Crippen LogP contribution < -0.4 is 0 Å². The summed E-state index contributed by atoms with van der Waals surface area (Å²) >= 11 is 0. The summed E-state index contributed by atoms with van der Waals surface area (Å²) in [6.45, 7) is 3.14. The van der Waals surface area contributed by atoms with Crippen molar-refractivity contribution in [1.82, 2.24) is 44.2 Å². The van der Waals surface area contributed by atoms with Crippen LogP contribution in [0.4, 0.5) is 0 Å². The highest BCUT2D eigenvalue weighted by Gasteiger charge is 2.27. The number of carbonyl (C=O) groups excluding carboxylic acids is 1. The van der Waals surface area contributed by atoms with Crippen molar-refractivity contribution in [2.75, 3.05) is 14.1 Å².